The number of rotatable bonds is 1. The lowest BCUT2D eigenvalue weighted by molar-refractivity contribution is -0.114. The quantitative estimate of drug-likeness (QED) is 0.382. The van der Waals surface area contributed by atoms with Gasteiger partial charge >= 0.3 is 0 Å². The van der Waals surface area contributed by atoms with E-state index in [1.165, 1.54) is 0 Å². The Morgan fingerprint density at radius 3 is 2.56 bits per heavy atom. The minimum Gasteiger partial charge on any atom is -0.295 e. The molecule has 9 heavy (non-hydrogen) atoms. The SMILES string of the molecule is C=C[C@@H]1CCC(=O)C1=C. The molecule has 0 bridgehead atoms. The van der Waals surface area contributed by atoms with Crippen molar-refractivity contribution in [3.05, 3.63) is 24.8 Å². The van der Waals surface area contributed by atoms with Crippen LogP contribution >= 0.6 is 0 Å². The van der Waals surface area contributed by atoms with Crippen LogP contribution in [0.4, 0.5) is 0 Å². The summed E-state index contributed by atoms with van der Waals surface area (Å²) in [6, 6.07) is 0. The normalized spacial score (nSPS) is 26.9. The summed E-state index contributed by atoms with van der Waals surface area (Å²) in [6.45, 7) is 7.28. The molecule has 48 valence electrons. The molecule has 1 atom stereocenters. The predicted octanol–water partition coefficient (Wildman–Crippen LogP) is 1.71. The number of ketones is 1. The maximum atomic E-state index is 10.8. The summed E-state index contributed by atoms with van der Waals surface area (Å²) in [5, 5.41) is 0. The molecule has 1 nitrogen and oxygen atoms in total. The Morgan fingerprint density at radius 2 is 2.33 bits per heavy atom. The second-order valence-electron chi connectivity index (χ2n) is 2.33. The maximum Gasteiger partial charge on any atom is 0.158 e. The van der Waals surface area contributed by atoms with Crippen LogP contribution in [-0.4, -0.2) is 5.78 Å². The van der Waals surface area contributed by atoms with Crippen LogP contribution in [0.5, 0.6) is 0 Å². The minimum absolute atomic E-state index is 0.208. The Bertz CT molecular complexity index is 167. The summed E-state index contributed by atoms with van der Waals surface area (Å²) in [4.78, 5) is 10.8. The molecule has 1 aliphatic rings. The van der Waals surface area contributed by atoms with Gasteiger partial charge in [0.05, 0.1) is 0 Å². The van der Waals surface area contributed by atoms with Gasteiger partial charge in [0.1, 0.15) is 0 Å². The average Bonchev–Trinajstić information content (AvgIpc) is 2.15. The van der Waals surface area contributed by atoms with E-state index in [0.717, 1.165) is 12.0 Å². The average molecular weight is 122 g/mol. The molecule has 0 saturated heterocycles. The first-order valence-corrected chi connectivity index (χ1v) is 3.10. The Hall–Kier alpha value is -0.850. The third-order valence-corrected chi connectivity index (χ3v) is 1.77. The van der Waals surface area contributed by atoms with Crippen molar-refractivity contribution >= 4 is 5.78 Å². The smallest absolute Gasteiger partial charge is 0.158 e. The van der Waals surface area contributed by atoms with Gasteiger partial charge < -0.3 is 0 Å². The van der Waals surface area contributed by atoms with E-state index in [1.54, 1.807) is 6.08 Å². The van der Waals surface area contributed by atoms with Crippen LogP contribution in [0.3, 0.4) is 0 Å². The van der Waals surface area contributed by atoms with Crippen LogP contribution < -0.4 is 0 Å². The maximum absolute atomic E-state index is 10.8. The molecule has 0 spiro atoms. The molecule has 0 N–H and O–H groups in total. The van der Waals surface area contributed by atoms with E-state index >= 15 is 0 Å². The van der Waals surface area contributed by atoms with Gasteiger partial charge in [0, 0.05) is 12.3 Å². The highest BCUT2D eigenvalue weighted by Crippen LogP contribution is 2.26. The van der Waals surface area contributed by atoms with E-state index in [2.05, 4.69) is 13.2 Å². The molecule has 1 heteroatoms. The summed E-state index contributed by atoms with van der Waals surface area (Å²) < 4.78 is 0. The van der Waals surface area contributed by atoms with Crippen LogP contribution in [0.25, 0.3) is 0 Å². The van der Waals surface area contributed by atoms with Gasteiger partial charge in [-0.1, -0.05) is 12.7 Å². The second kappa shape index (κ2) is 2.18. The number of Topliss-reactive ketones (excluding diaryl/α,β-unsaturated/α-hetero) is 1. The van der Waals surface area contributed by atoms with Crippen molar-refractivity contribution in [1.29, 1.82) is 0 Å². The molecular weight excluding hydrogens is 112 g/mol. The Labute approximate surface area is 55.1 Å². The molecule has 0 aromatic rings. The van der Waals surface area contributed by atoms with Crippen molar-refractivity contribution in [2.45, 2.75) is 12.8 Å². The molecule has 1 fully saturated rings. The highest BCUT2D eigenvalue weighted by Gasteiger charge is 2.23. The highest BCUT2D eigenvalue weighted by atomic mass is 16.1. The summed E-state index contributed by atoms with van der Waals surface area (Å²) in [7, 11) is 0. The van der Waals surface area contributed by atoms with Crippen LogP contribution in [-0.2, 0) is 4.79 Å². The van der Waals surface area contributed by atoms with E-state index in [1.807, 2.05) is 0 Å². The highest BCUT2D eigenvalue weighted by molar-refractivity contribution is 5.97. The van der Waals surface area contributed by atoms with Crippen molar-refractivity contribution < 1.29 is 4.79 Å². The monoisotopic (exact) mass is 122 g/mol. The van der Waals surface area contributed by atoms with Gasteiger partial charge in [0.25, 0.3) is 0 Å². The fraction of sp³-hybridized carbons (Fsp3) is 0.375. The molecule has 1 rings (SSSR count). The number of allylic oxidation sites excluding steroid dienone is 2. The van der Waals surface area contributed by atoms with E-state index in [-0.39, 0.29) is 11.7 Å². The van der Waals surface area contributed by atoms with Crippen LogP contribution in [0.15, 0.2) is 24.8 Å². The molecule has 0 aromatic heterocycles. The molecule has 0 unspecified atom stereocenters. The summed E-state index contributed by atoms with van der Waals surface area (Å²) in [5.41, 5.74) is 0.741. The zero-order chi connectivity index (χ0) is 6.85. The topological polar surface area (TPSA) is 17.1 Å². The third-order valence-electron chi connectivity index (χ3n) is 1.77. The number of carbonyl (C=O) groups is 1. The van der Waals surface area contributed by atoms with Crippen molar-refractivity contribution in [2.75, 3.05) is 0 Å². The van der Waals surface area contributed by atoms with Crippen molar-refractivity contribution in [3.8, 4) is 0 Å². The Morgan fingerprint density at radius 1 is 1.67 bits per heavy atom. The lowest BCUT2D eigenvalue weighted by atomic mass is 10.1. The molecule has 0 amide bonds. The predicted molar refractivity (Wildman–Crippen MR) is 37.1 cm³/mol. The lowest BCUT2D eigenvalue weighted by Gasteiger charge is -1.98. The first kappa shape index (κ1) is 6.27. The van der Waals surface area contributed by atoms with Crippen LogP contribution in [0.1, 0.15) is 12.8 Å². The molecule has 0 heterocycles. The fourth-order valence-corrected chi connectivity index (χ4v) is 1.09. The van der Waals surface area contributed by atoms with Crippen molar-refractivity contribution in [3.63, 3.8) is 0 Å². The van der Waals surface area contributed by atoms with Crippen LogP contribution in [0, 0.1) is 5.92 Å². The standard InChI is InChI=1S/C8H10O/c1-3-7-4-5-8(9)6(7)2/h3,7H,1-2,4-5H2/t7-/m1/s1. The molecule has 0 aromatic carbocycles. The minimum atomic E-state index is 0.208. The molecule has 1 aliphatic carbocycles. The third kappa shape index (κ3) is 0.947. The summed E-state index contributed by atoms with van der Waals surface area (Å²) in [5.74, 6) is 0.470. The zero-order valence-corrected chi connectivity index (χ0v) is 5.39. The number of hydrogen-bond acceptors (Lipinski definition) is 1. The van der Waals surface area contributed by atoms with Gasteiger partial charge in [-0.25, -0.2) is 0 Å². The van der Waals surface area contributed by atoms with Gasteiger partial charge in [0.2, 0.25) is 0 Å². The number of carbonyl (C=O) groups excluding carboxylic acids is 1. The molecule has 0 aliphatic heterocycles. The van der Waals surface area contributed by atoms with Gasteiger partial charge in [0.15, 0.2) is 5.78 Å². The van der Waals surface area contributed by atoms with Crippen molar-refractivity contribution in [2.24, 2.45) is 5.92 Å². The molecular formula is C8H10O. The van der Waals surface area contributed by atoms with E-state index in [4.69, 9.17) is 0 Å². The molecule has 1 saturated carbocycles. The Kier molecular flexibility index (Phi) is 1.52. The lowest BCUT2D eigenvalue weighted by Crippen LogP contribution is -1.94. The number of hydrogen-bond donors (Lipinski definition) is 0. The first-order valence-electron chi connectivity index (χ1n) is 3.10. The summed E-state index contributed by atoms with van der Waals surface area (Å²) in [6.07, 6.45) is 3.38. The van der Waals surface area contributed by atoms with E-state index in [0.29, 0.717) is 6.42 Å². The van der Waals surface area contributed by atoms with E-state index < -0.39 is 0 Å². The van der Waals surface area contributed by atoms with Gasteiger partial charge in [-0.15, -0.1) is 6.58 Å². The zero-order valence-electron chi connectivity index (χ0n) is 5.39. The fourth-order valence-electron chi connectivity index (χ4n) is 1.09. The molecule has 0 radical (unpaired) electrons. The van der Waals surface area contributed by atoms with Crippen LogP contribution in [0.2, 0.25) is 0 Å². The van der Waals surface area contributed by atoms with Crippen molar-refractivity contribution in [1.82, 2.24) is 0 Å². The largest absolute Gasteiger partial charge is 0.295 e. The first-order chi connectivity index (χ1) is 4.25. The van der Waals surface area contributed by atoms with Gasteiger partial charge in [-0.05, 0) is 12.0 Å². The Balaban J connectivity index is 2.73. The second-order valence-corrected chi connectivity index (χ2v) is 2.33. The van der Waals surface area contributed by atoms with Gasteiger partial charge in [-0.2, -0.15) is 0 Å². The van der Waals surface area contributed by atoms with E-state index in [9.17, 15) is 4.79 Å². The van der Waals surface area contributed by atoms with Gasteiger partial charge in [-0.3, -0.25) is 4.79 Å². The summed E-state index contributed by atoms with van der Waals surface area (Å²) >= 11 is 0.